The summed E-state index contributed by atoms with van der Waals surface area (Å²) in [6, 6.07) is 2.52. The lowest BCUT2D eigenvalue weighted by Crippen LogP contribution is -2.68. The number of benzene rings is 1. The van der Waals surface area contributed by atoms with Gasteiger partial charge >= 0.3 is 0 Å². The van der Waals surface area contributed by atoms with Crippen LogP contribution in [-0.4, -0.2) is 67.2 Å². The second-order valence-corrected chi connectivity index (χ2v) is 7.64. The SMILES string of the molecule is CN[C@@H](C)C(=O)N[C@@]1(C)OC[C@@H]2CC[C@H](C(=O)Nc3ccc(F)c(OC)c3)N2C1=O. The fraction of sp³-hybridized carbons (Fsp3) is 0.550. The minimum Gasteiger partial charge on any atom is -0.494 e. The van der Waals surface area contributed by atoms with Crippen molar-refractivity contribution in [1.82, 2.24) is 15.5 Å². The molecule has 0 spiro atoms. The first-order valence-corrected chi connectivity index (χ1v) is 9.80. The predicted molar refractivity (Wildman–Crippen MR) is 106 cm³/mol. The van der Waals surface area contributed by atoms with Gasteiger partial charge in [-0.05, 0) is 45.9 Å². The van der Waals surface area contributed by atoms with Crippen LogP contribution >= 0.6 is 0 Å². The number of amides is 3. The molecule has 0 unspecified atom stereocenters. The summed E-state index contributed by atoms with van der Waals surface area (Å²) in [6.07, 6.45) is 1.06. The first-order chi connectivity index (χ1) is 14.2. The molecule has 0 aliphatic carbocycles. The summed E-state index contributed by atoms with van der Waals surface area (Å²) in [5, 5.41) is 8.16. The Labute approximate surface area is 174 Å². The van der Waals surface area contributed by atoms with E-state index in [-0.39, 0.29) is 24.3 Å². The van der Waals surface area contributed by atoms with E-state index in [0.717, 1.165) is 0 Å². The zero-order valence-corrected chi connectivity index (χ0v) is 17.5. The van der Waals surface area contributed by atoms with E-state index in [9.17, 15) is 18.8 Å². The normalized spacial score (nSPS) is 26.7. The highest BCUT2D eigenvalue weighted by Crippen LogP contribution is 2.33. The van der Waals surface area contributed by atoms with E-state index in [1.165, 1.54) is 37.1 Å². The molecule has 2 heterocycles. The van der Waals surface area contributed by atoms with Gasteiger partial charge < -0.3 is 30.3 Å². The number of carbonyl (C=O) groups excluding carboxylic acids is 3. The maximum Gasteiger partial charge on any atom is 0.276 e. The largest absolute Gasteiger partial charge is 0.494 e. The van der Waals surface area contributed by atoms with E-state index in [4.69, 9.17) is 9.47 Å². The highest BCUT2D eigenvalue weighted by molar-refractivity contribution is 6.00. The lowest BCUT2D eigenvalue weighted by molar-refractivity contribution is -0.185. The van der Waals surface area contributed by atoms with Crippen LogP contribution in [0.1, 0.15) is 26.7 Å². The zero-order valence-electron chi connectivity index (χ0n) is 17.5. The quantitative estimate of drug-likeness (QED) is 0.620. The van der Waals surface area contributed by atoms with Crippen molar-refractivity contribution in [3.05, 3.63) is 24.0 Å². The smallest absolute Gasteiger partial charge is 0.276 e. The van der Waals surface area contributed by atoms with Crippen molar-refractivity contribution in [3.63, 3.8) is 0 Å². The average Bonchev–Trinajstić information content (AvgIpc) is 3.16. The standard InChI is InChI=1S/C20H27FN4O5/c1-11(22-3)17(26)24-20(2)19(28)25-13(10-30-20)6-8-15(25)18(27)23-12-5-7-14(21)16(9-12)29-4/h5,7,9,11,13,15,22H,6,8,10H2,1-4H3,(H,23,27)(H,24,26)/t11-,13-,15+,20-/m0/s1. The van der Waals surface area contributed by atoms with Gasteiger partial charge in [0.15, 0.2) is 11.6 Å². The van der Waals surface area contributed by atoms with Crippen molar-refractivity contribution in [2.75, 3.05) is 26.1 Å². The van der Waals surface area contributed by atoms with Crippen LogP contribution in [0, 0.1) is 5.82 Å². The summed E-state index contributed by atoms with van der Waals surface area (Å²) in [6.45, 7) is 3.37. The van der Waals surface area contributed by atoms with Gasteiger partial charge in [0.1, 0.15) is 6.04 Å². The topological polar surface area (TPSA) is 109 Å². The molecule has 2 saturated heterocycles. The van der Waals surface area contributed by atoms with Crippen molar-refractivity contribution in [1.29, 1.82) is 0 Å². The van der Waals surface area contributed by atoms with Crippen molar-refractivity contribution < 1.29 is 28.2 Å². The van der Waals surface area contributed by atoms with Gasteiger partial charge in [0.05, 0.1) is 25.8 Å². The number of nitrogens with zero attached hydrogens (tertiary/aromatic N) is 1. The highest BCUT2D eigenvalue weighted by Gasteiger charge is 2.53. The molecule has 9 nitrogen and oxygen atoms in total. The van der Waals surface area contributed by atoms with E-state index in [2.05, 4.69) is 16.0 Å². The Hall–Kier alpha value is -2.72. The molecule has 2 fully saturated rings. The summed E-state index contributed by atoms with van der Waals surface area (Å²) in [7, 11) is 2.97. The molecule has 0 radical (unpaired) electrons. The molecule has 0 bridgehead atoms. The maximum absolute atomic E-state index is 13.6. The van der Waals surface area contributed by atoms with Gasteiger partial charge in [-0.25, -0.2) is 4.39 Å². The fourth-order valence-corrected chi connectivity index (χ4v) is 3.71. The first-order valence-electron chi connectivity index (χ1n) is 9.80. The fourth-order valence-electron chi connectivity index (χ4n) is 3.71. The van der Waals surface area contributed by atoms with Crippen molar-refractivity contribution >= 4 is 23.4 Å². The molecule has 164 valence electrons. The lowest BCUT2D eigenvalue weighted by atomic mass is 10.1. The average molecular weight is 422 g/mol. The molecule has 0 saturated carbocycles. The van der Waals surface area contributed by atoms with Crippen molar-refractivity contribution in [2.45, 2.75) is 50.5 Å². The number of carbonyl (C=O) groups is 3. The first kappa shape index (κ1) is 22.0. The predicted octanol–water partition coefficient (Wildman–Crippen LogP) is 0.603. The van der Waals surface area contributed by atoms with Crippen LogP contribution in [0.3, 0.4) is 0 Å². The summed E-state index contributed by atoms with van der Waals surface area (Å²) in [5.74, 6) is -1.77. The van der Waals surface area contributed by atoms with E-state index in [0.29, 0.717) is 18.5 Å². The Bertz CT molecular complexity index is 850. The number of fused-ring (bicyclic) bond motifs is 1. The number of rotatable bonds is 6. The third kappa shape index (κ3) is 4.10. The number of nitrogens with one attached hydrogen (secondary N) is 3. The molecule has 1 aromatic carbocycles. The molecule has 0 aromatic heterocycles. The summed E-state index contributed by atoms with van der Waals surface area (Å²) < 4.78 is 24.3. The van der Waals surface area contributed by atoms with Crippen molar-refractivity contribution in [3.8, 4) is 5.75 Å². The highest BCUT2D eigenvalue weighted by atomic mass is 19.1. The van der Waals surface area contributed by atoms with E-state index in [1.807, 2.05) is 0 Å². The monoisotopic (exact) mass is 422 g/mol. The lowest BCUT2D eigenvalue weighted by Gasteiger charge is -2.43. The molecular formula is C20H27FN4O5. The van der Waals surface area contributed by atoms with Crippen LogP contribution in [0.25, 0.3) is 0 Å². The van der Waals surface area contributed by atoms with Crippen LogP contribution in [-0.2, 0) is 19.1 Å². The molecule has 1 aromatic rings. The molecular weight excluding hydrogens is 395 g/mol. The van der Waals surface area contributed by atoms with Crippen molar-refractivity contribution in [2.24, 2.45) is 0 Å². The third-order valence-electron chi connectivity index (χ3n) is 5.62. The van der Waals surface area contributed by atoms with E-state index >= 15 is 0 Å². The molecule has 30 heavy (non-hydrogen) atoms. The van der Waals surface area contributed by atoms with Gasteiger partial charge in [0.2, 0.25) is 17.5 Å². The number of morpholine rings is 1. The molecule has 3 N–H and O–H groups in total. The van der Waals surface area contributed by atoms with E-state index < -0.39 is 35.4 Å². The second-order valence-electron chi connectivity index (χ2n) is 7.64. The Morgan fingerprint density at radius 3 is 2.77 bits per heavy atom. The minimum absolute atomic E-state index is 0.00786. The van der Waals surface area contributed by atoms with Gasteiger partial charge in [0.25, 0.3) is 5.91 Å². The van der Waals surface area contributed by atoms with Gasteiger partial charge in [-0.15, -0.1) is 0 Å². The Balaban J connectivity index is 1.75. The number of ether oxygens (including phenoxy) is 2. The van der Waals surface area contributed by atoms with Gasteiger partial charge in [-0.2, -0.15) is 0 Å². The van der Waals surface area contributed by atoms with Gasteiger partial charge in [0, 0.05) is 11.8 Å². The van der Waals surface area contributed by atoms with Gasteiger partial charge in [-0.3, -0.25) is 14.4 Å². The van der Waals surface area contributed by atoms with E-state index in [1.54, 1.807) is 14.0 Å². The molecule has 3 rings (SSSR count). The summed E-state index contributed by atoms with van der Waals surface area (Å²) in [5.41, 5.74) is -1.19. The van der Waals surface area contributed by atoms with Crippen LogP contribution in [0.5, 0.6) is 5.75 Å². The molecule has 2 aliphatic rings. The number of anilines is 1. The van der Waals surface area contributed by atoms with Crippen LogP contribution < -0.4 is 20.7 Å². The summed E-state index contributed by atoms with van der Waals surface area (Å²) >= 11 is 0. The molecule has 4 atom stereocenters. The Morgan fingerprint density at radius 1 is 1.37 bits per heavy atom. The number of hydrogen-bond donors (Lipinski definition) is 3. The Morgan fingerprint density at radius 2 is 2.10 bits per heavy atom. The number of halogens is 1. The molecule has 3 amide bonds. The van der Waals surface area contributed by atoms with Gasteiger partial charge in [-0.1, -0.05) is 0 Å². The maximum atomic E-state index is 13.6. The van der Waals surface area contributed by atoms with Crippen LogP contribution in [0.15, 0.2) is 18.2 Å². The summed E-state index contributed by atoms with van der Waals surface area (Å²) in [4.78, 5) is 39.9. The number of hydrogen-bond acceptors (Lipinski definition) is 6. The minimum atomic E-state index is -1.55. The Kier molecular flexibility index (Phi) is 6.27. The number of methoxy groups -OCH3 is 1. The van der Waals surface area contributed by atoms with Crippen LogP contribution in [0.4, 0.5) is 10.1 Å². The third-order valence-corrected chi connectivity index (χ3v) is 5.62. The molecule has 10 heteroatoms. The van der Waals surface area contributed by atoms with Crippen LogP contribution in [0.2, 0.25) is 0 Å². The zero-order chi connectivity index (χ0) is 22.1. The second kappa shape index (κ2) is 8.57. The number of likely N-dealkylation sites (N-methyl/N-ethyl adjacent to an activating group) is 1. The molecule has 2 aliphatic heterocycles.